The molecule has 1 saturated heterocycles. The van der Waals surface area contributed by atoms with E-state index in [0.29, 0.717) is 6.54 Å². The van der Waals surface area contributed by atoms with Gasteiger partial charge in [-0.3, -0.25) is 9.88 Å². The maximum Gasteiger partial charge on any atom is 0.0547 e. The van der Waals surface area contributed by atoms with E-state index in [2.05, 4.69) is 22.0 Å². The largest absolute Gasteiger partial charge is 0.325 e. The molecule has 1 saturated carbocycles. The zero-order valence-corrected chi connectivity index (χ0v) is 11.7. The Morgan fingerprint density at radius 1 is 1.11 bits per heavy atom. The lowest BCUT2D eigenvalue weighted by atomic mass is 9.96. The molecule has 2 N–H and O–H groups in total. The summed E-state index contributed by atoms with van der Waals surface area (Å²) in [6.07, 6.45) is 8.51. The molecule has 1 aliphatic heterocycles. The minimum Gasteiger partial charge on any atom is -0.325 e. The first kappa shape index (κ1) is 13.1. The fraction of sp³-hybridized carbons (Fsp3) is 0.688. The number of pyridine rings is 1. The second-order valence-electron chi connectivity index (χ2n) is 6.05. The van der Waals surface area contributed by atoms with E-state index in [1.54, 1.807) is 0 Å². The van der Waals surface area contributed by atoms with Crippen LogP contribution in [-0.4, -0.2) is 22.5 Å². The van der Waals surface area contributed by atoms with E-state index in [9.17, 15) is 0 Å². The molecule has 3 nitrogen and oxygen atoms in total. The second-order valence-corrected chi connectivity index (χ2v) is 6.05. The Labute approximate surface area is 116 Å². The smallest absolute Gasteiger partial charge is 0.0547 e. The molecule has 1 atom stereocenters. The van der Waals surface area contributed by atoms with Gasteiger partial charge in [0.25, 0.3) is 0 Å². The van der Waals surface area contributed by atoms with Crippen LogP contribution in [0.15, 0.2) is 18.2 Å². The van der Waals surface area contributed by atoms with Crippen molar-refractivity contribution in [1.82, 2.24) is 9.88 Å². The van der Waals surface area contributed by atoms with Crippen LogP contribution in [0.5, 0.6) is 0 Å². The molecule has 2 heterocycles. The normalized spacial score (nSPS) is 25.2. The number of aromatic nitrogens is 1. The van der Waals surface area contributed by atoms with Crippen LogP contribution in [0.4, 0.5) is 0 Å². The summed E-state index contributed by atoms with van der Waals surface area (Å²) < 4.78 is 0. The number of rotatable bonds is 4. The topological polar surface area (TPSA) is 42.1 Å². The zero-order chi connectivity index (χ0) is 13.1. The summed E-state index contributed by atoms with van der Waals surface area (Å²) in [6, 6.07) is 7.06. The molecule has 0 radical (unpaired) electrons. The van der Waals surface area contributed by atoms with Gasteiger partial charge in [-0.05, 0) is 50.3 Å². The van der Waals surface area contributed by atoms with Crippen LogP contribution in [-0.2, 0) is 13.1 Å². The van der Waals surface area contributed by atoms with E-state index in [4.69, 9.17) is 5.73 Å². The van der Waals surface area contributed by atoms with Crippen LogP contribution < -0.4 is 5.73 Å². The predicted octanol–water partition coefficient (Wildman–Crippen LogP) is 2.69. The molecule has 104 valence electrons. The van der Waals surface area contributed by atoms with Crippen molar-refractivity contribution in [3.63, 3.8) is 0 Å². The highest BCUT2D eigenvalue weighted by molar-refractivity contribution is 5.11. The third-order valence-corrected chi connectivity index (χ3v) is 4.80. The molecule has 3 rings (SSSR count). The van der Waals surface area contributed by atoms with Crippen molar-refractivity contribution in [3.8, 4) is 0 Å². The summed E-state index contributed by atoms with van der Waals surface area (Å²) in [5.41, 5.74) is 7.87. The van der Waals surface area contributed by atoms with Crippen LogP contribution >= 0.6 is 0 Å². The Balaban J connectivity index is 1.67. The van der Waals surface area contributed by atoms with E-state index < -0.39 is 0 Å². The van der Waals surface area contributed by atoms with E-state index in [0.717, 1.165) is 24.2 Å². The van der Waals surface area contributed by atoms with E-state index >= 15 is 0 Å². The van der Waals surface area contributed by atoms with Gasteiger partial charge < -0.3 is 5.73 Å². The Bertz CT molecular complexity index is 412. The summed E-state index contributed by atoms with van der Waals surface area (Å²) in [5.74, 6) is 0.945. The van der Waals surface area contributed by atoms with Gasteiger partial charge in [0.05, 0.1) is 11.4 Å². The van der Waals surface area contributed by atoms with Gasteiger partial charge in [0.1, 0.15) is 0 Å². The van der Waals surface area contributed by atoms with Crippen LogP contribution in [0, 0.1) is 5.92 Å². The summed E-state index contributed by atoms with van der Waals surface area (Å²) in [7, 11) is 0. The maximum absolute atomic E-state index is 5.68. The van der Waals surface area contributed by atoms with E-state index in [-0.39, 0.29) is 0 Å². The van der Waals surface area contributed by atoms with Crippen molar-refractivity contribution in [1.29, 1.82) is 0 Å². The number of nitrogens with zero attached hydrogens (tertiary/aromatic N) is 2. The lowest BCUT2D eigenvalue weighted by Gasteiger charge is -2.29. The summed E-state index contributed by atoms with van der Waals surface area (Å²) in [6.45, 7) is 2.80. The van der Waals surface area contributed by atoms with Gasteiger partial charge in [0, 0.05) is 19.1 Å². The number of likely N-dealkylation sites (tertiary alicyclic amines) is 1. The molecule has 0 aromatic carbocycles. The van der Waals surface area contributed by atoms with Gasteiger partial charge in [0.2, 0.25) is 0 Å². The number of hydrogen-bond donors (Lipinski definition) is 1. The molecular weight excluding hydrogens is 234 g/mol. The number of nitrogens with two attached hydrogens (primary N) is 1. The molecule has 19 heavy (non-hydrogen) atoms. The molecule has 0 bridgehead atoms. The third-order valence-electron chi connectivity index (χ3n) is 4.80. The summed E-state index contributed by atoms with van der Waals surface area (Å²) in [4.78, 5) is 7.31. The van der Waals surface area contributed by atoms with Gasteiger partial charge in [-0.1, -0.05) is 18.9 Å². The van der Waals surface area contributed by atoms with Crippen molar-refractivity contribution in [2.75, 3.05) is 6.54 Å². The molecule has 1 unspecified atom stereocenters. The molecular formula is C16H25N3. The molecule has 1 aromatic rings. The minimum absolute atomic E-state index is 0.542. The van der Waals surface area contributed by atoms with Crippen molar-refractivity contribution in [2.24, 2.45) is 11.7 Å². The van der Waals surface area contributed by atoms with Crippen LogP contribution in [0.1, 0.15) is 49.9 Å². The molecule has 0 spiro atoms. The van der Waals surface area contributed by atoms with Crippen molar-refractivity contribution < 1.29 is 0 Å². The van der Waals surface area contributed by atoms with Crippen molar-refractivity contribution >= 4 is 0 Å². The van der Waals surface area contributed by atoms with Crippen LogP contribution in [0.25, 0.3) is 0 Å². The fourth-order valence-electron chi connectivity index (χ4n) is 3.86. The lowest BCUT2D eigenvalue weighted by Crippen LogP contribution is -2.34. The van der Waals surface area contributed by atoms with Crippen LogP contribution in [0.3, 0.4) is 0 Å². The first-order valence-electron chi connectivity index (χ1n) is 7.76. The minimum atomic E-state index is 0.542. The van der Waals surface area contributed by atoms with Gasteiger partial charge in [0.15, 0.2) is 0 Å². The molecule has 1 aliphatic carbocycles. The third kappa shape index (κ3) is 2.98. The molecule has 2 aliphatic rings. The zero-order valence-electron chi connectivity index (χ0n) is 11.7. The Kier molecular flexibility index (Phi) is 4.14. The average molecular weight is 259 g/mol. The Morgan fingerprint density at radius 2 is 1.89 bits per heavy atom. The average Bonchev–Trinajstić information content (AvgIpc) is 3.09. The lowest BCUT2D eigenvalue weighted by molar-refractivity contribution is 0.181. The summed E-state index contributed by atoms with van der Waals surface area (Å²) >= 11 is 0. The van der Waals surface area contributed by atoms with Crippen molar-refractivity contribution in [3.05, 3.63) is 29.6 Å². The quantitative estimate of drug-likeness (QED) is 0.904. The Morgan fingerprint density at radius 3 is 2.68 bits per heavy atom. The number of hydrogen-bond acceptors (Lipinski definition) is 3. The van der Waals surface area contributed by atoms with E-state index in [1.807, 2.05) is 6.07 Å². The second kappa shape index (κ2) is 6.02. The molecule has 2 fully saturated rings. The standard InChI is InChI=1S/C16H25N3/c17-11-14-7-3-8-15(18-14)12-19-10-4-9-16(19)13-5-1-2-6-13/h3,7-8,13,16H,1-2,4-6,9-12,17H2. The fourth-order valence-corrected chi connectivity index (χ4v) is 3.86. The predicted molar refractivity (Wildman–Crippen MR) is 77.5 cm³/mol. The highest BCUT2D eigenvalue weighted by Crippen LogP contribution is 2.35. The van der Waals surface area contributed by atoms with Gasteiger partial charge >= 0.3 is 0 Å². The molecule has 1 aromatic heterocycles. The highest BCUT2D eigenvalue weighted by Gasteiger charge is 2.33. The Hall–Kier alpha value is -0.930. The van der Waals surface area contributed by atoms with Gasteiger partial charge in [-0.15, -0.1) is 0 Å². The van der Waals surface area contributed by atoms with E-state index in [1.165, 1.54) is 50.8 Å². The van der Waals surface area contributed by atoms with Crippen molar-refractivity contribution in [2.45, 2.75) is 57.7 Å². The molecule has 0 amide bonds. The maximum atomic E-state index is 5.68. The first-order valence-corrected chi connectivity index (χ1v) is 7.76. The summed E-state index contributed by atoms with van der Waals surface area (Å²) in [5, 5.41) is 0. The highest BCUT2D eigenvalue weighted by atomic mass is 15.2. The SMILES string of the molecule is NCc1cccc(CN2CCCC2C2CCCC2)n1. The van der Waals surface area contributed by atoms with Gasteiger partial charge in [-0.25, -0.2) is 0 Å². The first-order chi connectivity index (χ1) is 9.36. The van der Waals surface area contributed by atoms with Gasteiger partial charge in [-0.2, -0.15) is 0 Å². The molecule has 3 heteroatoms. The monoisotopic (exact) mass is 259 g/mol. The van der Waals surface area contributed by atoms with Crippen LogP contribution in [0.2, 0.25) is 0 Å².